The maximum Gasteiger partial charge on any atom is 0.317 e. The minimum atomic E-state index is -0.386. The second-order valence-corrected chi connectivity index (χ2v) is 6.67. The summed E-state index contributed by atoms with van der Waals surface area (Å²) in [4.78, 5) is 12.9. The van der Waals surface area contributed by atoms with Gasteiger partial charge in [-0.15, -0.1) is 0 Å². The average Bonchev–Trinajstić information content (AvgIpc) is 2.70. The lowest BCUT2D eigenvalue weighted by atomic mass is 9.91. The topological polar surface area (TPSA) is 38.3 Å². The van der Waals surface area contributed by atoms with Crippen LogP contribution in [0.2, 0.25) is 0 Å². The van der Waals surface area contributed by atoms with E-state index in [0.29, 0.717) is 12.6 Å². The Kier molecular flexibility index (Phi) is 8.36. The van der Waals surface area contributed by atoms with Crippen LogP contribution in [0.25, 0.3) is 0 Å². The largest absolute Gasteiger partial charge is 0.463 e. The SMILES string of the molecule is CCC(CC)NC(CC)COC(=O)C(c1ccccc1)c1ccccc1. The Labute approximate surface area is 157 Å². The Bertz CT molecular complexity index is 598. The number of rotatable bonds is 10. The first-order valence-corrected chi connectivity index (χ1v) is 9.72. The van der Waals surface area contributed by atoms with Crippen LogP contribution in [-0.4, -0.2) is 24.7 Å². The molecule has 0 aromatic heterocycles. The molecular formula is C23H31NO2. The minimum Gasteiger partial charge on any atom is -0.463 e. The first kappa shape index (κ1) is 20.2. The van der Waals surface area contributed by atoms with E-state index in [9.17, 15) is 4.79 Å². The van der Waals surface area contributed by atoms with Crippen LogP contribution in [0.3, 0.4) is 0 Å². The van der Waals surface area contributed by atoms with Gasteiger partial charge in [0, 0.05) is 12.1 Å². The van der Waals surface area contributed by atoms with Crippen LogP contribution in [-0.2, 0) is 9.53 Å². The fourth-order valence-corrected chi connectivity index (χ4v) is 3.16. The van der Waals surface area contributed by atoms with Gasteiger partial charge in [0.05, 0.1) is 0 Å². The molecule has 0 bridgehead atoms. The Morgan fingerprint density at radius 3 is 1.69 bits per heavy atom. The Morgan fingerprint density at radius 2 is 1.27 bits per heavy atom. The number of esters is 1. The summed E-state index contributed by atoms with van der Waals surface area (Å²) in [5.74, 6) is -0.574. The summed E-state index contributed by atoms with van der Waals surface area (Å²) in [5.41, 5.74) is 1.93. The van der Waals surface area contributed by atoms with E-state index >= 15 is 0 Å². The molecule has 2 aromatic rings. The molecule has 3 heteroatoms. The fourth-order valence-electron chi connectivity index (χ4n) is 3.16. The van der Waals surface area contributed by atoms with Gasteiger partial charge in [0.25, 0.3) is 0 Å². The number of hydrogen-bond donors (Lipinski definition) is 1. The van der Waals surface area contributed by atoms with Crippen molar-refractivity contribution in [3.63, 3.8) is 0 Å². The lowest BCUT2D eigenvalue weighted by Crippen LogP contribution is -2.41. The van der Waals surface area contributed by atoms with Gasteiger partial charge in [-0.05, 0) is 30.4 Å². The number of carbonyl (C=O) groups excluding carboxylic acids is 1. The average molecular weight is 354 g/mol. The predicted octanol–water partition coefficient (Wildman–Crippen LogP) is 4.92. The lowest BCUT2D eigenvalue weighted by molar-refractivity contribution is -0.145. The molecular weight excluding hydrogens is 322 g/mol. The summed E-state index contributed by atoms with van der Waals surface area (Å²) < 4.78 is 5.75. The van der Waals surface area contributed by atoms with Gasteiger partial charge in [-0.25, -0.2) is 0 Å². The van der Waals surface area contributed by atoms with Crippen molar-refractivity contribution in [2.75, 3.05) is 6.61 Å². The third kappa shape index (κ3) is 5.70. The van der Waals surface area contributed by atoms with Crippen molar-refractivity contribution >= 4 is 5.97 Å². The Balaban J connectivity index is 2.10. The number of hydrogen-bond acceptors (Lipinski definition) is 3. The molecule has 0 radical (unpaired) electrons. The van der Waals surface area contributed by atoms with Crippen molar-refractivity contribution < 1.29 is 9.53 Å². The normalized spacial score (nSPS) is 12.3. The van der Waals surface area contributed by atoms with Crippen molar-refractivity contribution in [1.29, 1.82) is 0 Å². The highest BCUT2D eigenvalue weighted by atomic mass is 16.5. The Morgan fingerprint density at radius 1 is 0.808 bits per heavy atom. The van der Waals surface area contributed by atoms with E-state index in [1.54, 1.807) is 0 Å². The summed E-state index contributed by atoms with van der Waals surface area (Å²) in [6.45, 7) is 6.89. The standard InChI is InChI=1S/C23H31NO2/c1-4-20(5-2)24-21(6-3)17-26-23(25)22(18-13-9-7-10-14-18)19-15-11-8-12-16-19/h7-16,20-22,24H,4-6,17H2,1-3H3. The van der Waals surface area contributed by atoms with Gasteiger partial charge in [0.1, 0.15) is 12.5 Å². The molecule has 1 unspecified atom stereocenters. The van der Waals surface area contributed by atoms with Gasteiger partial charge < -0.3 is 10.1 Å². The molecule has 0 aliphatic heterocycles. The number of nitrogens with one attached hydrogen (secondary N) is 1. The smallest absolute Gasteiger partial charge is 0.317 e. The predicted molar refractivity (Wildman–Crippen MR) is 107 cm³/mol. The van der Waals surface area contributed by atoms with Gasteiger partial charge in [0.15, 0.2) is 0 Å². The van der Waals surface area contributed by atoms with E-state index in [1.807, 2.05) is 60.7 Å². The van der Waals surface area contributed by atoms with Crippen molar-refractivity contribution in [1.82, 2.24) is 5.32 Å². The molecule has 0 fully saturated rings. The molecule has 0 spiro atoms. The second kappa shape index (κ2) is 10.8. The highest BCUT2D eigenvalue weighted by Gasteiger charge is 2.25. The molecule has 2 rings (SSSR count). The zero-order valence-corrected chi connectivity index (χ0v) is 16.2. The zero-order valence-electron chi connectivity index (χ0n) is 16.2. The third-order valence-electron chi connectivity index (χ3n) is 4.88. The lowest BCUT2D eigenvalue weighted by Gasteiger charge is -2.24. The molecule has 1 atom stereocenters. The van der Waals surface area contributed by atoms with Gasteiger partial charge >= 0.3 is 5.97 Å². The van der Waals surface area contributed by atoms with Crippen molar-refractivity contribution in [3.05, 3.63) is 71.8 Å². The molecule has 0 saturated heterocycles. The molecule has 26 heavy (non-hydrogen) atoms. The van der Waals surface area contributed by atoms with Gasteiger partial charge in [-0.1, -0.05) is 81.4 Å². The van der Waals surface area contributed by atoms with Crippen molar-refractivity contribution in [2.24, 2.45) is 0 Å². The zero-order chi connectivity index (χ0) is 18.8. The van der Waals surface area contributed by atoms with Crippen LogP contribution in [0.1, 0.15) is 57.1 Å². The summed E-state index contributed by atoms with van der Waals surface area (Å²) in [5, 5.41) is 3.60. The number of carbonyl (C=O) groups is 1. The van der Waals surface area contributed by atoms with Gasteiger partial charge in [0.2, 0.25) is 0 Å². The molecule has 0 heterocycles. The first-order valence-electron chi connectivity index (χ1n) is 9.72. The molecule has 0 saturated carbocycles. The van der Waals surface area contributed by atoms with Crippen molar-refractivity contribution in [2.45, 2.75) is 58.0 Å². The first-order chi connectivity index (χ1) is 12.7. The summed E-state index contributed by atoms with van der Waals surface area (Å²) in [6, 6.07) is 20.4. The highest BCUT2D eigenvalue weighted by molar-refractivity contribution is 5.82. The summed E-state index contributed by atoms with van der Waals surface area (Å²) in [7, 11) is 0. The molecule has 1 N–H and O–H groups in total. The van der Waals surface area contributed by atoms with Crippen molar-refractivity contribution in [3.8, 4) is 0 Å². The van der Waals surface area contributed by atoms with E-state index in [-0.39, 0.29) is 17.9 Å². The highest BCUT2D eigenvalue weighted by Crippen LogP contribution is 2.26. The van der Waals surface area contributed by atoms with Crippen LogP contribution >= 0.6 is 0 Å². The van der Waals surface area contributed by atoms with Crippen LogP contribution in [0.5, 0.6) is 0 Å². The van der Waals surface area contributed by atoms with Crippen LogP contribution < -0.4 is 5.32 Å². The molecule has 3 nitrogen and oxygen atoms in total. The van der Waals surface area contributed by atoms with E-state index < -0.39 is 0 Å². The molecule has 140 valence electrons. The van der Waals surface area contributed by atoms with Crippen LogP contribution in [0.4, 0.5) is 0 Å². The maximum absolute atomic E-state index is 12.9. The number of ether oxygens (including phenoxy) is 1. The minimum absolute atomic E-state index is 0.188. The van der Waals surface area contributed by atoms with E-state index in [0.717, 1.165) is 30.4 Å². The number of benzene rings is 2. The van der Waals surface area contributed by atoms with E-state index in [1.165, 1.54) is 0 Å². The summed E-state index contributed by atoms with van der Waals surface area (Å²) in [6.07, 6.45) is 3.10. The maximum atomic E-state index is 12.9. The quantitative estimate of drug-likeness (QED) is 0.616. The van der Waals surface area contributed by atoms with Crippen LogP contribution in [0.15, 0.2) is 60.7 Å². The summed E-state index contributed by atoms with van der Waals surface area (Å²) >= 11 is 0. The molecule has 2 aromatic carbocycles. The monoisotopic (exact) mass is 353 g/mol. The second-order valence-electron chi connectivity index (χ2n) is 6.67. The van der Waals surface area contributed by atoms with E-state index in [4.69, 9.17) is 4.74 Å². The Hall–Kier alpha value is -2.13. The van der Waals surface area contributed by atoms with E-state index in [2.05, 4.69) is 26.1 Å². The van der Waals surface area contributed by atoms with Gasteiger partial charge in [-0.2, -0.15) is 0 Å². The molecule has 0 aliphatic carbocycles. The fraction of sp³-hybridized carbons (Fsp3) is 0.435. The molecule has 0 aliphatic rings. The van der Waals surface area contributed by atoms with Gasteiger partial charge in [-0.3, -0.25) is 4.79 Å². The molecule has 0 amide bonds. The third-order valence-corrected chi connectivity index (χ3v) is 4.88. The van der Waals surface area contributed by atoms with Crippen LogP contribution in [0, 0.1) is 0 Å².